The fourth-order valence-electron chi connectivity index (χ4n) is 1.49. The Balaban J connectivity index is 2.03. The first-order chi connectivity index (χ1) is 9.74. The molecule has 114 valence electrons. The summed E-state index contributed by atoms with van der Waals surface area (Å²) < 4.78 is 42.0. The molecule has 0 fully saturated rings. The first-order valence-electron chi connectivity index (χ1n) is 5.47. The molecule has 1 N–H and O–H groups in total. The average molecular weight is 466 g/mol. The summed E-state index contributed by atoms with van der Waals surface area (Å²) in [6.45, 7) is 0.516. The number of hydrogen-bond acceptors (Lipinski definition) is 3. The van der Waals surface area contributed by atoms with E-state index in [2.05, 4.69) is 41.9 Å². The molecular formula is C12H7Br2ClF3NOS. The molecule has 2 aromatic rings. The van der Waals surface area contributed by atoms with Crippen molar-refractivity contribution in [2.75, 3.05) is 5.32 Å². The van der Waals surface area contributed by atoms with Gasteiger partial charge in [-0.2, -0.15) is 0 Å². The molecule has 1 aromatic heterocycles. The van der Waals surface area contributed by atoms with Crippen LogP contribution < -0.4 is 10.1 Å². The van der Waals surface area contributed by atoms with E-state index in [1.165, 1.54) is 29.5 Å². The maximum atomic E-state index is 12.2. The lowest BCUT2D eigenvalue weighted by atomic mass is 10.3. The second-order valence-electron chi connectivity index (χ2n) is 3.88. The highest BCUT2D eigenvalue weighted by Crippen LogP contribution is 2.34. The molecule has 0 spiro atoms. The summed E-state index contributed by atoms with van der Waals surface area (Å²) in [5.74, 6) is -0.282. The van der Waals surface area contributed by atoms with Crippen LogP contribution in [0, 0.1) is 0 Å². The third-order valence-corrected chi connectivity index (χ3v) is 5.41. The number of thiophene rings is 1. The van der Waals surface area contributed by atoms with Gasteiger partial charge in [0.05, 0.1) is 4.47 Å². The summed E-state index contributed by atoms with van der Waals surface area (Å²) >= 11 is 13.7. The van der Waals surface area contributed by atoms with Crippen molar-refractivity contribution in [1.29, 1.82) is 0 Å². The van der Waals surface area contributed by atoms with E-state index in [0.29, 0.717) is 16.6 Å². The number of halogens is 6. The third-order valence-electron chi connectivity index (χ3n) is 2.32. The molecule has 2 nitrogen and oxygen atoms in total. The molecule has 0 amide bonds. The smallest absolute Gasteiger partial charge is 0.405 e. The zero-order chi connectivity index (χ0) is 15.6. The minimum absolute atomic E-state index is 0.218. The van der Waals surface area contributed by atoms with Gasteiger partial charge in [0.25, 0.3) is 0 Å². The van der Waals surface area contributed by atoms with Crippen molar-refractivity contribution in [3.05, 3.63) is 42.4 Å². The van der Waals surface area contributed by atoms with E-state index in [4.69, 9.17) is 11.6 Å². The standard InChI is InChI=1S/C12H7Br2ClF3NOS/c13-8-3-6(1-2-10(8)20-12(16,17)18)19-5-7-4-9(14)11(15)21-7/h1-4,19H,5H2. The van der Waals surface area contributed by atoms with Gasteiger partial charge in [-0.3, -0.25) is 0 Å². The first-order valence-corrected chi connectivity index (χ1v) is 8.25. The summed E-state index contributed by atoms with van der Waals surface area (Å²) in [5, 5.41) is 3.10. The van der Waals surface area contributed by atoms with Gasteiger partial charge in [0.1, 0.15) is 10.1 Å². The van der Waals surface area contributed by atoms with Crippen molar-refractivity contribution in [3.8, 4) is 5.75 Å². The number of nitrogens with one attached hydrogen (secondary N) is 1. The van der Waals surface area contributed by atoms with E-state index in [-0.39, 0.29) is 10.2 Å². The molecule has 0 radical (unpaired) electrons. The van der Waals surface area contributed by atoms with Gasteiger partial charge in [-0.25, -0.2) is 0 Å². The number of benzene rings is 1. The lowest BCUT2D eigenvalue weighted by Crippen LogP contribution is -2.17. The number of alkyl halides is 3. The van der Waals surface area contributed by atoms with Crippen molar-refractivity contribution in [3.63, 3.8) is 0 Å². The molecule has 1 aromatic carbocycles. The molecule has 21 heavy (non-hydrogen) atoms. The van der Waals surface area contributed by atoms with E-state index in [1.807, 2.05) is 6.07 Å². The second kappa shape index (κ2) is 6.76. The minimum atomic E-state index is -4.71. The van der Waals surface area contributed by atoms with Crippen LogP contribution in [0.25, 0.3) is 0 Å². The van der Waals surface area contributed by atoms with Crippen molar-refractivity contribution in [1.82, 2.24) is 0 Å². The van der Waals surface area contributed by atoms with Crippen LogP contribution in [-0.4, -0.2) is 6.36 Å². The minimum Gasteiger partial charge on any atom is -0.405 e. The Morgan fingerprint density at radius 3 is 2.43 bits per heavy atom. The number of anilines is 1. The van der Waals surface area contributed by atoms with Crippen LogP contribution in [0.1, 0.15) is 4.88 Å². The fourth-order valence-corrected chi connectivity index (χ4v) is 3.68. The number of hydrogen-bond donors (Lipinski definition) is 1. The monoisotopic (exact) mass is 463 g/mol. The quantitative estimate of drug-likeness (QED) is 0.561. The third kappa shape index (κ3) is 5.05. The zero-order valence-electron chi connectivity index (χ0n) is 10.1. The van der Waals surface area contributed by atoms with Crippen LogP contribution >= 0.6 is 54.8 Å². The summed E-state index contributed by atoms with van der Waals surface area (Å²) in [4.78, 5) is 0.999. The Kier molecular flexibility index (Phi) is 5.45. The molecule has 0 bridgehead atoms. The second-order valence-corrected chi connectivity index (χ2v) is 7.33. The highest BCUT2D eigenvalue weighted by molar-refractivity contribution is 9.11. The van der Waals surface area contributed by atoms with Gasteiger partial charge in [-0.15, -0.1) is 24.5 Å². The molecule has 0 unspecified atom stereocenters. The fraction of sp³-hybridized carbons (Fsp3) is 0.167. The maximum Gasteiger partial charge on any atom is 0.573 e. The molecule has 0 aliphatic heterocycles. The van der Waals surface area contributed by atoms with E-state index < -0.39 is 6.36 Å². The summed E-state index contributed by atoms with van der Waals surface area (Å²) in [6.07, 6.45) is -4.71. The van der Waals surface area contributed by atoms with Gasteiger partial charge in [-0.1, -0.05) is 11.6 Å². The molecule has 0 aliphatic carbocycles. The van der Waals surface area contributed by atoms with E-state index >= 15 is 0 Å². The summed E-state index contributed by atoms with van der Waals surface area (Å²) in [7, 11) is 0. The lowest BCUT2D eigenvalue weighted by molar-refractivity contribution is -0.274. The van der Waals surface area contributed by atoms with Crippen LogP contribution in [-0.2, 0) is 6.54 Å². The highest BCUT2D eigenvalue weighted by atomic mass is 79.9. The van der Waals surface area contributed by atoms with E-state index in [0.717, 1.165) is 9.35 Å². The summed E-state index contributed by atoms with van der Waals surface area (Å²) in [5.41, 5.74) is 0.664. The Labute approximate surface area is 144 Å². The highest BCUT2D eigenvalue weighted by Gasteiger charge is 2.31. The van der Waals surface area contributed by atoms with E-state index in [1.54, 1.807) is 0 Å². The molecule has 9 heteroatoms. The van der Waals surface area contributed by atoms with Crippen LogP contribution in [0.4, 0.5) is 18.9 Å². The molecule has 0 saturated heterocycles. The van der Waals surface area contributed by atoms with Crippen LogP contribution in [0.2, 0.25) is 4.34 Å². The Bertz CT molecular complexity index is 628. The van der Waals surface area contributed by atoms with Gasteiger partial charge >= 0.3 is 6.36 Å². The van der Waals surface area contributed by atoms with Crippen molar-refractivity contribution in [2.24, 2.45) is 0 Å². The topological polar surface area (TPSA) is 21.3 Å². The lowest BCUT2D eigenvalue weighted by Gasteiger charge is -2.12. The van der Waals surface area contributed by atoms with Crippen molar-refractivity contribution >= 4 is 60.5 Å². The van der Waals surface area contributed by atoms with Crippen LogP contribution in [0.5, 0.6) is 5.75 Å². The van der Waals surface area contributed by atoms with Gasteiger partial charge in [0, 0.05) is 21.6 Å². The Morgan fingerprint density at radius 2 is 1.90 bits per heavy atom. The van der Waals surface area contributed by atoms with E-state index in [9.17, 15) is 13.2 Å². The predicted molar refractivity (Wildman–Crippen MR) is 85.2 cm³/mol. The molecule has 0 aliphatic rings. The van der Waals surface area contributed by atoms with Gasteiger partial charge in [-0.05, 0) is 56.1 Å². The van der Waals surface area contributed by atoms with Crippen molar-refractivity contribution in [2.45, 2.75) is 12.9 Å². The number of rotatable bonds is 4. The molecular weight excluding hydrogens is 458 g/mol. The SMILES string of the molecule is FC(F)(F)Oc1ccc(NCc2cc(Br)c(Cl)s2)cc1Br. The average Bonchev–Trinajstić information content (AvgIpc) is 2.68. The Hall–Kier alpha value is -0.440. The maximum absolute atomic E-state index is 12.2. The predicted octanol–water partition coefficient (Wildman–Crippen LogP) is 6.44. The Morgan fingerprint density at radius 1 is 1.19 bits per heavy atom. The molecule has 0 atom stereocenters. The van der Waals surface area contributed by atoms with Crippen LogP contribution in [0.15, 0.2) is 33.2 Å². The summed E-state index contributed by atoms with van der Waals surface area (Å²) in [6, 6.07) is 6.16. The van der Waals surface area contributed by atoms with Gasteiger partial charge in [0.2, 0.25) is 0 Å². The molecule has 2 rings (SSSR count). The molecule has 1 heterocycles. The first kappa shape index (κ1) is 16.9. The van der Waals surface area contributed by atoms with Gasteiger partial charge in [0.15, 0.2) is 0 Å². The zero-order valence-corrected chi connectivity index (χ0v) is 14.8. The van der Waals surface area contributed by atoms with Crippen LogP contribution in [0.3, 0.4) is 0 Å². The normalized spacial score (nSPS) is 11.5. The number of ether oxygens (including phenoxy) is 1. The molecule has 0 saturated carbocycles. The largest absolute Gasteiger partial charge is 0.573 e. The van der Waals surface area contributed by atoms with Crippen molar-refractivity contribution < 1.29 is 17.9 Å². The van der Waals surface area contributed by atoms with Gasteiger partial charge < -0.3 is 10.1 Å².